The van der Waals surface area contributed by atoms with Crippen molar-refractivity contribution in [2.24, 2.45) is 5.73 Å². The number of rotatable bonds is 8. The summed E-state index contributed by atoms with van der Waals surface area (Å²) in [6.45, 7) is 0.271. The third kappa shape index (κ3) is 5.45. The van der Waals surface area contributed by atoms with Crippen LogP contribution in [0.4, 0.5) is 4.79 Å². The van der Waals surface area contributed by atoms with Crippen molar-refractivity contribution in [1.29, 1.82) is 0 Å². The number of nitrogens with one attached hydrogen (secondary N) is 1. The molecular weight excluding hydrogens is 338 g/mol. The average Bonchev–Trinajstić information content (AvgIpc) is 3.05. The summed E-state index contributed by atoms with van der Waals surface area (Å²) < 4.78 is 5.24. The zero-order valence-electron chi connectivity index (χ0n) is 14.8. The van der Waals surface area contributed by atoms with Crippen LogP contribution in [0.3, 0.4) is 0 Å². The second-order valence-corrected chi connectivity index (χ2v) is 6.43. The summed E-state index contributed by atoms with van der Waals surface area (Å²) in [5.74, 6) is -1.50. The van der Waals surface area contributed by atoms with E-state index in [4.69, 9.17) is 15.6 Å². The van der Waals surface area contributed by atoms with Gasteiger partial charge in [0.15, 0.2) is 0 Å². The molecular formula is C18H25N3O5. The van der Waals surface area contributed by atoms with Crippen LogP contribution in [0.15, 0.2) is 30.3 Å². The maximum Gasteiger partial charge on any atom is 0.318 e. The monoisotopic (exact) mass is 363 g/mol. The molecule has 3 amide bonds. The Morgan fingerprint density at radius 1 is 1.35 bits per heavy atom. The number of carboxylic acid groups (broad SMARTS) is 1. The fourth-order valence-corrected chi connectivity index (χ4v) is 3.14. The first-order valence-corrected chi connectivity index (χ1v) is 8.55. The number of hydrogen-bond donors (Lipinski definition) is 3. The van der Waals surface area contributed by atoms with Crippen molar-refractivity contribution >= 4 is 17.9 Å². The van der Waals surface area contributed by atoms with E-state index >= 15 is 0 Å². The highest BCUT2D eigenvalue weighted by atomic mass is 16.5. The van der Waals surface area contributed by atoms with E-state index in [2.05, 4.69) is 5.32 Å². The lowest BCUT2D eigenvalue weighted by molar-refractivity contribution is -0.137. The van der Waals surface area contributed by atoms with Crippen LogP contribution in [0.1, 0.15) is 24.8 Å². The van der Waals surface area contributed by atoms with Gasteiger partial charge in [0.25, 0.3) is 0 Å². The van der Waals surface area contributed by atoms with Gasteiger partial charge in [-0.05, 0) is 18.4 Å². The van der Waals surface area contributed by atoms with Crippen LogP contribution < -0.4 is 11.1 Å². The molecule has 1 aliphatic heterocycles. The molecule has 1 aliphatic rings. The number of aliphatic carboxylic acids is 1. The van der Waals surface area contributed by atoms with E-state index in [0.29, 0.717) is 19.3 Å². The van der Waals surface area contributed by atoms with E-state index < -0.39 is 23.9 Å². The summed E-state index contributed by atoms with van der Waals surface area (Å²) in [4.78, 5) is 36.6. The van der Waals surface area contributed by atoms with Crippen LogP contribution in [0.2, 0.25) is 0 Å². The van der Waals surface area contributed by atoms with Crippen molar-refractivity contribution in [3.05, 3.63) is 35.9 Å². The van der Waals surface area contributed by atoms with Crippen molar-refractivity contribution in [3.63, 3.8) is 0 Å². The van der Waals surface area contributed by atoms with Crippen molar-refractivity contribution in [3.8, 4) is 0 Å². The van der Waals surface area contributed by atoms with Crippen LogP contribution in [-0.2, 0) is 20.7 Å². The largest absolute Gasteiger partial charge is 0.481 e. The van der Waals surface area contributed by atoms with Crippen LogP contribution in [0.25, 0.3) is 0 Å². The molecule has 4 N–H and O–H groups in total. The fourth-order valence-electron chi connectivity index (χ4n) is 3.14. The summed E-state index contributed by atoms with van der Waals surface area (Å²) >= 11 is 0. The van der Waals surface area contributed by atoms with Crippen molar-refractivity contribution in [2.75, 3.05) is 13.7 Å². The van der Waals surface area contributed by atoms with E-state index in [-0.39, 0.29) is 25.1 Å². The van der Waals surface area contributed by atoms with Crippen molar-refractivity contribution < 1.29 is 24.2 Å². The molecule has 0 aliphatic carbocycles. The molecule has 3 atom stereocenters. The maximum atomic E-state index is 12.7. The second-order valence-electron chi connectivity index (χ2n) is 6.43. The molecule has 1 heterocycles. The minimum absolute atomic E-state index is 0.0578. The van der Waals surface area contributed by atoms with E-state index in [1.807, 2.05) is 30.3 Å². The highest BCUT2D eigenvalue weighted by molar-refractivity contribution is 5.86. The van der Waals surface area contributed by atoms with E-state index in [1.165, 1.54) is 12.0 Å². The molecule has 0 aromatic heterocycles. The normalized spacial score (nSPS) is 20.6. The number of carboxylic acids is 1. The van der Waals surface area contributed by atoms with E-state index in [0.717, 1.165) is 5.56 Å². The van der Waals surface area contributed by atoms with Crippen LogP contribution in [0.5, 0.6) is 0 Å². The van der Waals surface area contributed by atoms with Gasteiger partial charge in [0.1, 0.15) is 6.04 Å². The van der Waals surface area contributed by atoms with E-state index in [1.54, 1.807) is 0 Å². The Kier molecular flexibility index (Phi) is 6.97. The lowest BCUT2D eigenvalue weighted by atomic mass is 10.0. The van der Waals surface area contributed by atoms with E-state index in [9.17, 15) is 14.4 Å². The highest BCUT2D eigenvalue weighted by Crippen LogP contribution is 2.20. The lowest BCUT2D eigenvalue weighted by Crippen LogP contribution is -2.51. The zero-order valence-corrected chi connectivity index (χ0v) is 14.8. The molecule has 1 aromatic rings. The molecule has 2 rings (SSSR count). The third-order valence-corrected chi connectivity index (χ3v) is 4.54. The van der Waals surface area contributed by atoms with Gasteiger partial charge in [-0.1, -0.05) is 30.3 Å². The molecule has 0 radical (unpaired) electrons. The number of urea groups is 1. The Balaban J connectivity index is 2.06. The van der Waals surface area contributed by atoms with Gasteiger partial charge in [0.05, 0.1) is 6.10 Å². The number of benzene rings is 1. The number of carbonyl (C=O) groups excluding carboxylic acids is 2. The Hall–Kier alpha value is -2.61. The molecule has 142 valence electrons. The Morgan fingerprint density at radius 2 is 2.04 bits per heavy atom. The van der Waals surface area contributed by atoms with Gasteiger partial charge in [-0.2, -0.15) is 0 Å². The smallest absolute Gasteiger partial charge is 0.318 e. The first kappa shape index (κ1) is 19.7. The number of likely N-dealkylation sites (tertiary alicyclic amines) is 1. The van der Waals surface area contributed by atoms with Crippen LogP contribution in [0, 0.1) is 0 Å². The fraction of sp³-hybridized carbons (Fsp3) is 0.500. The summed E-state index contributed by atoms with van der Waals surface area (Å²) in [6, 6.07) is 7.98. The minimum Gasteiger partial charge on any atom is -0.481 e. The molecule has 1 aromatic carbocycles. The maximum absolute atomic E-state index is 12.7. The number of carbonyl (C=O) groups is 3. The molecule has 8 nitrogen and oxygen atoms in total. The zero-order chi connectivity index (χ0) is 19.1. The number of nitrogens with zero attached hydrogens (tertiary/aromatic N) is 1. The predicted molar refractivity (Wildman–Crippen MR) is 94.4 cm³/mol. The van der Waals surface area contributed by atoms with Gasteiger partial charge < -0.3 is 25.8 Å². The summed E-state index contributed by atoms with van der Waals surface area (Å²) in [5.41, 5.74) is 6.39. The predicted octanol–water partition coefficient (Wildman–Crippen LogP) is 0.747. The number of primary amides is 1. The number of amides is 3. The highest BCUT2D eigenvalue weighted by Gasteiger charge is 2.39. The quantitative estimate of drug-likeness (QED) is 0.629. The molecule has 0 spiro atoms. The third-order valence-electron chi connectivity index (χ3n) is 4.54. The number of nitrogens with two attached hydrogens (primary N) is 1. The van der Waals surface area contributed by atoms with Crippen LogP contribution >= 0.6 is 0 Å². The van der Waals surface area contributed by atoms with Gasteiger partial charge in [-0.25, -0.2) is 4.79 Å². The molecule has 0 bridgehead atoms. The summed E-state index contributed by atoms with van der Waals surface area (Å²) in [7, 11) is 1.52. The second kappa shape index (κ2) is 9.19. The lowest BCUT2D eigenvalue weighted by Gasteiger charge is -2.26. The first-order chi connectivity index (χ1) is 12.4. The van der Waals surface area contributed by atoms with Gasteiger partial charge in [-0.15, -0.1) is 0 Å². The molecule has 8 heteroatoms. The van der Waals surface area contributed by atoms with Gasteiger partial charge in [-0.3, -0.25) is 9.59 Å². The summed E-state index contributed by atoms with van der Waals surface area (Å²) in [6.07, 6.45) is 0.849. The Bertz CT molecular complexity index is 637. The molecule has 1 fully saturated rings. The molecule has 0 saturated carbocycles. The summed E-state index contributed by atoms with van der Waals surface area (Å²) in [5, 5.41) is 11.8. The topological polar surface area (TPSA) is 122 Å². The van der Waals surface area contributed by atoms with Crippen LogP contribution in [-0.4, -0.2) is 59.8 Å². The Labute approximate surface area is 152 Å². The standard InChI is InChI=1S/C18H25N3O5/c1-26-14-10-15(17(19)24)21(11-14)18(25)20-13(7-8-16(22)23)9-12-5-3-2-4-6-12/h2-6,13-15H,7-11H2,1H3,(H2,19,24)(H,20,25)(H,22,23)/t13?,14-,15-/m0/s1. The SMILES string of the molecule is CO[C@H]1C[C@@H](C(N)=O)N(C(=O)NC(CCC(=O)O)Cc2ccccc2)C1. The number of hydrogen-bond acceptors (Lipinski definition) is 4. The van der Waals surface area contributed by atoms with Crippen molar-refractivity contribution in [2.45, 2.75) is 43.9 Å². The Morgan fingerprint density at radius 3 is 2.62 bits per heavy atom. The van der Waals surface area contributed by atoms with Gasteiger partial charge >= 0.3 is 12.0 Å². The number of methoxy groups -OCH3 is 1. The van der Waals surface area contributed by atoms with Gasteiger partial charge in [0, 0.05) is 32.5 Å². The first-order valence-electron chi connectivity index (χ1n) is 8.55. The minimum atomic E-state index is -0.923. The van der Waals surface area contributed by atoms with Crippen molar-refractivity contribution in [1.82, 2.24) is 10.2 Å². The average molecular weight is 363 g/mol. The van der Waals surface area contributed by atoms with Gasteiger partial charge in [0.2, 0.25) is 5.91 Å². The molecule has 1 saturated heterocycles. The number of ether oxygens (including phenoxy) is 1. The molecule has 1 unspecified atom stereocenters. The molecule has 26 heavy (non-hydrogen) atoms.